The van der Waals surface area contributed by atoms with Gasteiger partial charge in [0, 0.05) is 26.2 Å². The van der Waals surface area contributed by atoms with Crippen molar-refractivity contribution < 1.29 is 17.6 Å². The van der Waals surface area contributed by atoms with Gasteiger partial charge in [0.15, 0.2) is 0 Å². The predicted molar refractivity (Wildman–Crippen MR) is 68.8 cm³/mol. The Balaban J connectivity index is 2.32. The average Bonchev–Trinajstić information content (AvgIpc) is 2.41. The van der Waals surface area contributed by atoms with Gasteiger partial charge in [-0.25, -0.2) is 4.39 Å². The van der Waals surface area contributed by atoms with Crippen LogP contribution in [0.1, 0.15) is 17.2 Å². The molecule has 1 heterocycles. The van der Waals surface area contributed by atoms with Gasteiger partial charge in [0.1, 0.15) is 5.82 Å². The molecule has 1 saturated heterocycles. The molecule has 2 nitrogen and oxygen atoms in total. The van der Waals surface area contributed by atoms with E-state index < -0.39 is 17.6 Å². The molecule has 1 aromatic carbocycles. The van der Waals surface area contributed by atoms with Gasteiger partial charge < -0.3 is 5.32 Å². The van der Waals surface area contributed by atoms with E-state index in [0.29, 0.717) is 5.56 Å². The summed E-state index contributed by atoms with van der Waals surface area (Å²) >= 11 is 0. The molecule has 1 N–H and O–H groups in total. The van der Waals surface area contributed by atoms with Crippen molar-refractivity contribution >= 4 is 0 Å². The Kier molecular flexibility index (Phi) is 4.45. The Bertz CT molecular complexity index is 479. The quantitative estimate of drug-likeness (QED) is 0.679. The molecule has 0 saturated carbocycles. The number of alkyl halides is 3. The van der Waals surface area contributed by atoms with E-state index in [2.05, 4.69) is 11.9 Å². The summed E-state index contributed by atoms with van der Waals surface area (Å²) in [5.41, 5.74) is -0.812. The lowest BCUT2D eigenvalue weighted by atomic mass is 10.0. The molecule has 0 aromatic heterocycles. The van der Waals surface area contributed by atoms with Gasteiger partial charge in [-0.05, 0) is 17.7 Å². The summed E-state index contributed by atoms with van der Waals surface area (Å²) in [6, 6.07) is 2.80. The number of halogens is 4. The summed E-state index contributed by atoms with van der Waals surface area (Å²) in [7, 11) is 0. The van der Waals surface area contributed by atoms with Crippen LogP contribution in [0.2, 0.25) is 0 Å². The highest BCUT2D eigenvalue weighted by atomic mass is 19.4. The first-order valence-electron chi connectivity index (χ1n) is 6.37. The van der Waals surface area contributed by atoms with Gasteiger partial charge in [-0.2, -0.15) is 13.2 Å². The van der Waals surface area contributed by atoms with Gasteiger partial charge in [-0.3, -0.25) is 4.90 Å². The average molecular weight is 288 g/mol. The fourth-order valence-corrected chi connectivity index (χ4v) is 2.40. The smallest absolute Gasteiger partial charge is 0.314 e. The lowest BCUT2D eigenvalue weighted by Crippen LogP contribution is -2.44. The van der Waals surface area contributed by atoms with E-state index in [4.69, 9.17) is 0 Å². The number of benzene rings is 1. The second kappa shape index (κ2) is 5.93. The van der Waals surface area contributed by atoms with E-state index in [1.165, 1.54) is 6.07 Å². The molecule has 1 aromatic rings. The van der Waals surface area contributed by atoms with E-state index in [1.807, 2.05) is 4.90 Å². The number of hydrogen-bond donors (Lipinski definition) is 1. The summed E-state index contributed by atoms with van der Waals surface area (Å²) in [6.07, 6.45) is -3.09. The second-order valence-electron chi connectivity index (χ2n) is 4.70. The minimum absolute atomic E-state index is 0.334. The Hall–Kier alpha value is -1.40. The highest BCUT2D eigenvalue weighted by Gasteiger charge is 2.35. The maximum absolute atomic E-state index is 13.3. The molecule has 110 valence electrons. The largest absolute Gasteiger partial charge is 0.419 e. The molecule has 20 heavy (non-hydrogen) atoms. The zero-order valence-electron chi connectivity index (χ0n) is 10.9. The fraction of sp³-hybridized carbons (Fsp3) is 0.429. The van der Waals surface area contributed by atoms with Gasteiger partial charge in [0.05, 0.1) is 11.6 Å². The third kappa shape index (κ3) is 3.19. The first kappa shape index (κ1) is 15.0. The van der Waals surface area contributed by atoms with E-state index in [1.54, 1.807) is 6.08 Å². The van der Waals surface area contributed by atoms with Crippen LogP contribution >= 0.6 is 0 Å². The number of hydrogen-bond acceptors (Lipinski definition) is 2. The molecule has 0 amide bonds. The van der Waals surface area contributed by atoms with Gasteiger partial charge in [-0.15, -0.1) is 6.58 Å². The normalized spacial score (nSPS) is 18.8. The van der Waals surface area contributed by atoms with Gasteiger partial charge in [0.2, 0.25) is 0 Å². The molecule has 1 aliphatic rings. The van der Waals surface area contributed by atoms with Crippen LogP contribution in [0.15, 0.2) is 30.9 Å². The number of nitrogens with one attached hydrogen (secondary N) is 1. The fourth-order valence-electron chi connectivity index (χ4n) is 2.40. The predicted octanol–water partition coefficient (Wildman–Crippen LogP) is 2.98. The lowest BCUT2D eigenvalue weighted by molar-refractivity contribution is -0.140. The molecule has 1 aliphatic heterocycles. The van der Waals surface area contributed by atoms with Crippen LogP contribution in [0.25, 0.3) is 0 Å². The van der Waals surface area contributed by atoms with Crippen LogP contribution in [-0.2, 0) is 6.18 Å². The van der Waals surface area contributed by atoms with Crippen molar-refractivity contribution in [3.8, 4) is 0 Å². The molecular formula is C14H16F4N2. The Morgan fingerprint density at radius 2 is 1.90 bits per heavy atom. The van der Waals surface area contributed by atoms with Gasteiger partial charge in [-0.1, -0.05) is 12.1 Å². The summed E-state index contributed by atoms with van der Waals surface area (Å²) < 4.78 is 51.6. The van der Waals surface area contributed by atoms with Crippen molar-refractivity contribution in [3.63, 3.8) is 0 Å². The summed E-state index contributed by atoms with van der Waals surface area (Å²) in [5, 5.41) is 3.17. The van der Waals surface area contributed by atoms with Crippen LogP contribution in [0.5, 0.6) is 0 Å². The zero-order chi connectivity index (χ0) is 14.8. The highest BCUT2D eigenvalue weighted by Crippen LogP contribution is 2.34. The molecule has 0 aliphatic carbocycles. The molecule has 0 spiro atoms. The molecular weight excluding hydrogens is 272 g/mol. The Labute approximate surface area is 115 Å². The zero-order valence-corrected chi connectivity index (χ0v) is 10.9. The number of piperazine rings is 1. The van der Waals surface area contributed by atoms with Crippen molar-refractivity contribution in [3.05, 3.63) is 47.8 Å². The third-order valence-corrected chi connectivity index (χ3v) is 3.41. The first-order valence-corrected chi connectivity index (χ1v) is 6.37. The highest BCUT2D eigenvalue weighted by molar-refractivity contribution is 5.31. The lowest BCUT2D eigenvalue weighted by Gasteiger charge is -2.33. The summed E-state index contributed by atoms with van der Waals surface area (Å²) in [6.45, 7) is 6.68. The Morgan fingerprint density at radius 1 is 1.25 bits per heavy atom. The van der Waals surface area contributed by atoms with Crippen molar-refractivity contribution in [2.24, 2.45) is 0 Å². The van der Waals surface area contributed by atoms with Crippen LogP contribution in [-0.4, -0.2) is 31.1 Å². The first-order chi connectivity index (χ1) is 9.43. The molecule has 0 radical (unpaired) electrons. The van der Waals surface area contributed by atoms with Crippen LogP contribution in [0, 0.1) is 5.82 Å². The Morgan fingerprint density at radius 3 is 2.45 bits per heavy atom. The number of rotatable bonds is 3. The second-order valence-corrected chi connectivity index (χ2v) is 4.70. The molecule has 2 rings (SSSR count). The van der Waals surface area contributed by atoms with E-state index in [9.17, 15) is 17.6 Å². The standard InChI is InChI=1S/C14H16F4N2/c1-2-13(20-7-5-19-6-8-20)10-3-4-12(15)11(9-10)14(16,17)18/h2-4,9,13,19H,1,5-8H2/t13-/m0/s1. The van der Waals surface area contributed by atoms with E-state index >= 15 is 0 Å². The minimum Gasteiger partial charge on any atom is -0.314 e. The van der Waals surface area contributed by atoms with Crippen molar-refractivity contribution in [1.29, 1.82) is 0 Å². The molecule has 1 atom stereocenters. The van der Waals surface area contributed by atoms with Crippen molar-refractivity contribution in [2.45, 2.75) is 12.2 Å². The topological polar surface area (TPSA) is 15.3 Å². The van der Waals surface area contributed by atoms with Crippen molar-refractivity contribution in [2.75, 3.05) is 26.2 Å². The molecule has 1 fully saturated rings. The van der Waals surface area contributed by atoms with Gasteiger partial charge in [0.25, 0.3) is 0 Å². The SMILES string of the molecule is C=C[C@@H](c1ccc(F)c(C(F)(F)F)c1)N1CCNCC1. The molecule has 6 heteroatoms. The summed E-state index contributed by atoms with van der Waals surface area (Å²) in [4.78, 5) is 2.02. The monoisotopic (exact) mass is 288 g/mol. The maximum atomic E-state index is 13.3. The summed E-state index contributed by atoms with van der Waals surface area (Å²) in [5.74, 6) is -1.25. The minimum atomic E-state index is -4.69. The molecule has 0 bridgehead atoms. The molecule has 0 unspecified atom stereocenters. The van der Waals surface area contributed by atoms with E-state index in [-0.39, 0.29) is 6.04 Å². The van der Waals surface area contributed by atoms with Gasteiger partial charge >= 0.3 is 6.18 Å². The maximum Gasteiger partial charge on any atom is 0.419 e. The van der Waals surface area contributed by atoms with Crippen LogP contribution < -0.4 is 5.32 Å². The van der Waals surface area contributed by atoms with Crippen LogP contribution in [0.3, 0.4) is 0 Å². The third-order valence-electron chi connectivity index (χ3n) is 3.41. The number of nitrogens with zero attached hydrogens (tertiary/aromatic N) is 1. The van der Waals surface area contributed by atoms with E-state index in [0.717, 1.165) is 38.3 Å². The van der Waals surface area contributed by atoms with Crippen molar-refractivity contribution in [1.82, 2.24) is 10.2 Å². The van der Waals surface area contributed by atoms with Crippen LogP contribution in [0.4, 0.5) is 17.6 Å².